The molecule has 4 nitrogen and oxygen atoms in total. The molecule has 0 aromatic heterocycles. The molecule has 0 spiro atoms. The van der Waals surface area contributed by atoms with Crippen LogP contribution >= 0.6 is 15.9 Å². The van der Waals surface area contributed by atoms with Crippen molar-refractivity contribution in [2.75, 3.05) is 6.54 Å². The molecule has 0 fully saturated rings. The molecule has 1 aromatic rings. The third-order valence-electron chi connectivity index (χ3n) is 2.29. The molecule has 0 amide bonds. The quantitative estimate of drug-likeness (QED) is 0.686. The molecular formula is C12H17BrN2O2. The standard InChI is InChI=1S/C12H17BrN2O2/c1-12(2,3)14-7-6-9-4-5-10(13)8-11(9)15(16)17/h4-5,8,14H,6-7H2,1-3H3. The Bertz CT molecular complexity index is 413. The SMILES string of the molecule is CC(C)(C)NCCc1ccc(Br)cc1[N+](=O)[O-]. The molecule has 0 bridgehead atoms. The molecule has 0 aliphatic rings. The molecule has 0 aliphatic carbocycles. The van der Waals surface area contributed by atoms with Gasteiger partial charge in [-0.2, -0.15) is 0 Å². The second-order valence-electron chi connectivity index (χ2n) is 4.96. The molecule has 0 unspecified atom stereocenters. The maximum absolute atomic E-state index is 10.9. The van der Waals surface area contributed by atoms with Gasteiger partial charge in [-0.15, -0.1) is 0 Å². The first kappa shape index (κ1) is 14.1. The number of halogens is 1. The number of nitrogens with one attached hydrogen (secondary N) is 1. The highest BCUT2D eigenvalue weighted by molar-refractivity contribution is 9.10. The molecule has 0 aliphatic heterocycles. The van der Waals surface area contributed by atoms with Crippen molar-refractivity contribution in [1.82, 2.24) is 5.32 Å². The minimum Gasteiger partial charge on any atom is -0.312 e. The Balaban J connectivity index is 2.74. The Labute approximate surface area is 110 Å². The Hall–Kier alpha value is -0.940. The molecule has 1 aromatic carbocycles. The van der Waals surface area contributed by atoms with Crippen molar-refractivity contribution in [3.8, 4) is 0 Å². The van der Waals surface area contributed by atoms with Crippen LogP contribution in [-0.2, 0) is 6.42 Å². The first-order valence-electron chi connectivity index (χ1n) is 5.47. The van der Waals surface area contributed by atoms with Crippen LogP contribution in [0.25, 0.3) is 0 Å². The van der Waals surface area contributed by atoms with Crippen LogP contribution in [0.5, 0.6) is 0 Å². The smallest absolute Gasteiger partial charge is 0.273 e. The minimum atomic E-state index is -0.336. The van der Waals surface area contributed by atoms with Gasteiger partial charge in [0.15, 0.2) is 0 Å². The van der Waals surface area contributed by atoms with Gasteiger partial charge in [-0.05, 0) is 39.8 Å². The lowest BCUT2D eigenvalue weighted by molar-refractivity contribution is -0.385. The van der Waals surface area contributed by atoms with E-state index in [0.717, 1.165) is 16.6 Å². The van der Waals surface area contributed by atoms with Crippen molar-refractivity contribution in [3.05, 3.63) is 38.3 Å². The van der Waals surface area contributed by atoms with Crippen LogP contribution in [0.15, 0.2) is 22.7 Å². The summed E-state index contributed by atoms with van der Waals surface area (Å²) in [6, 6.07) is 5.18. The molecule has 94 valence electrons. The van der Waals surface area contributed by atoms with Crippen molar-refractivity contribution in [2.24, 2.45) is 0 Å². The average molecular weight is 301 g/mol. The van der Waals surface area contributed by atoms with Gasteiger partial charge in [-0.25, -0.2) is 0 Å². The van der Waals surface area contributed by atoms with Crippen LogP contribution in [0.2, 0.25) is 0 Å². The number of nitro groups is 1. The van der Waals surface area contributed by atoms with Crippen molar-refractivity contribution in [2.45, 2.75) is 32.7 Å². The molecular weight excluding hydrogens is 284 g/mol. The average Bonchev–Trinajstić information content (AvgIpc) is 2.18. The van der Waals surface area contributed by atoms with Crippen molar-refractivity contribution in [1.29, 1.82) is 0 Å². The summed E-state index contributed by atoms with van der Waals surface area (Å²) in [6.45, 7) is 6.95. The number of hydrogen-bond acceptors (Lipinski definition) is 3. The van der Waals surface area contributed by atoms with E-state index in [1.165, 1.54) is 0 Å². The van der Waals surface area contributed by atoms with Crippen LogP contribution < -0.4 is 5.32 Å². The maximum Gasteiger partial charge on any atom is 0.273 e. The number of benzene rings is 1. The number of hydrogen-bond donors (Lipinski definition) is 1. The van der Waals surface area contributed by atoms with E-state index < -0.39 is 0 Å². The van der Waals surface area contributed by atoms with Gasteiger partial charge in [0.1, 0.15) is 0 Å². The number of rotatable bonds is 4. The summed E-state index contributed by atoms with van der Waals surface area (Å²) in [7, 11) is 0. The van der Waals surface area contributed by atoms with Gasteiger partial charge in [0.05, 0.1) is 4.92 Å². The minimum absolute atomic E-state index is 0.0319. The van der Waals surface area contributed by atoms with Crippen molar-refractivity contribution in [3.63, 3.8) is 0 Å². The Morgan fingerprint density at radius 1 is 1.41 bits per heavy atom. The van der Waals surface area contributed by atoms with Crippen molar-refractivity contribution >= 4 is 21.6 Å². The van der Waals surface area contributed by atoms with Gasteiger partial charge >= 0.3 is 0 Å². The predicted molar refractivity (Wildman–Crippen MR) is 72.3 cm³/mol. The Morgan fingerprint density at radius 2 is 2.06 bits per heavy atom. The second kappa shape index (κ2) is 5.60. The summed E-state index contributed by atoms with van der Waals surface area (Å²) in [5.74, 6) is 0. The highest BCUT2D eigenvalue weighted by Crippen LogP contribution is 2.23. The monoisotopic (exact) mass is 300 g/mol. The van der Waals surface area contributed by atoms with Gasteiger partial charge in [-0.1, -0.05) is 22.0 Å². The fourth-order valence-corrected chi connectivity index (χ4v) is 1.84. The number of nitrogens with zero attached hydrogens (tertiary/aromatic N) is 1. The van der Waals surface area contributed by atoms with Gasteiger partial charge < -0.3 is 5.32 Å². The van der Waals surface area contributed by atoms with E-state index in [1.54, 1.807) is 12.1 Å². The van der Waals surface area contributed by atoms with E-state index in [-0.39, 0.29) is 16.1 Å². The van der Waals surface area contributed by atoms with E-state index in [9.17, 15) is 10.1 Å². The van der Waals surface area contributed by atoms with E-state index in [1.807, 2.05) is 6.07 Å². The summed E-state index contributed by atoms with van der Waals surface area (Å²) in [6.07, 6.45) is 0.654. The normalized spacial score (nSPS) is 11.5. The highest BCUT2D eigenvalue weighted by atomic mass is 79.9. The van der Waals surface area contributed by atoms with Crippen LogP contribution in [0.3, 0.4) is 0 Å². The zero-order chi connectivity index (χ0) is 13.1. The Morgan fingerprint density at radius 3 is 2.59 bits per heavy atom. The lowest BCUT2D eigenvalue weighted by atomic mass is 10.1. The predicted octanol–water partition coefficient (Wildman–Crippen LogP) is 3.29. The molecule has 0 heterocycles. The van der Waals surface area contributed by atoms with Gasteiger partial charge in [0.25, 0.3) is 5.69 Å². The van der Waals surface area contributed by atoms with Gasteiger partial charge in [-0.3, -0.25) is 10.1 Å². The zero-order valence-electron chi connectivity index (χ0n) is 10.3. The summed E-state index contributed by atoms with van der Waals surface area (Å²) < 4.78 is 0.733. The fourth-order valence-electron chi connectivity index (χ4n) is 1.49. The summed E-state index contributed by atoms with van der Waals surface area (Å²) in [5.41, 5.74) is 0.967. The first-order chi connectivity index (χ1) is 7.79. The molecule has 1 N–H and O–H groups in total. The largest absolute Gasteiger partial charge is 0.312 e. The van der Waals surface area contributed by atoms with Crippen LogP contribution in [0.1, 0.15) is 26.3 Å². The molecule has 5 heteroatoms. The Kier molecular flexibility index (Phi) is 4.65. The second-order valence-corrected chi connectivity index (χ2v) is 5.87. The zero-order valence-corrected chi connectivity index (χ0v) is 11.9. The molecule has 0 radical (unpaired) electrons. The molecule has 0 saturated heterocycles. The van der Waals surface area contributed by atoms with Crippen LogP contribution in [-0.4, -0.2) is 17.0 Å². The third-order valence-corrected chi connectivity index (χ3v) is 2.79. The topological polar surface area (TPSA) is 55.2 Å². The fraction of sp³-hybridized carbons (Fsp3) is 0.500. The van der Waals surface area contributed by atoms with E-state index in [4.69, 9.17) is 0 Å². The van der Waals surface area contributed by atoms with Crippen LogP contribution in [0, 0.1) is 10.1 Å². The molecule has 1 rings (SSSR count). The lowest BCUT2D eigenvalue weighted by Crippen LogP contribution is -2.37. The number of nitro benzene ring substituents is 1. The van der Waals surface area contributed by atoms with E-state index >= 15 is 0 Å². The van der Waals surface area contributed by atoms with E-state index in [0.29, 0.717) is 6.42 Å². The van der Waals surface area contributed by atoms with Crippen molar-refractivity contribution < 1.29 is 4.92 Å². The molecule has 0 saturated carbocycles. The summed E-state index contributed by atoms with van der Waals surface area (Å²) in [5, 5.41) is 14.2. The van der Waals surface area contributed by atoms with Crippen LogP contribution in [0.4, 0.5) is 5.69 Å². The lowest BCUT2D eigenvalue weighted by Gasteiger charge is -2.20. The van der Waals surface area contributed by atoms with Gasteiger partial charge in [0.2, 0.25) is 0 Å². The summed E-state index contributed by atoms with van der Waals surface area (Å²) in [4.78, 5) is 10.6. The maximum atomic E-state index is 10.9. The third kappa shape index (κ3) is 4.83. The first-order valence-corrected chi connectivity index (χ1v) is 6.27. The summed E-state index contributed by atoms with van der Waals surface area (Å²) >= 11 is 3.24. The van der Waals surface area contributed by atoms with E-state index in [2.05, 4.69) is 42.0 Å². The highest BCUT2D eigenvalue weighted by Gasteiger charge is 2.15. The molecule has 0 atom stereocenters. The molecule has 17 heavy (non-hydrogen) atoms. The van der Waals surface area contributed by atoms with Gasteiger partial charge in [0, 0.05) is 21.6 Å².